The van der Waals surface area contributed by atoms with Crippen LogP contribution in [0.4, 0.5) is 0 Å². The first kappa shape index (κ1) is 9.84. The van der Waals surface area contributed by atoms with E-state index >= 15 is 0 Å². The number of aromatic nitrogens is 1. The monoisotopic (exact) mass is 209 g/mol. The van der Waals surface area contributed by atoms with E-state index in [4.69, 9.17) is 0 Å². The lowest BCUT2D eigenvalue weighted by Gasteiger charge is -2.19. The van der Waals surface area contributed by atoms with E-state index in [1.54, 1.807) is 11.3 Å². The third kappa shape index (κ3) is 2.21. The number of hydrogen-bond acceptors (Lipinski definition) is 3. The number of rotatable bonds is 2. The minimum absolute atomic E-state index is 0.255. The van der Waals surface area contributed by atoms with Crippen LogP contribution in [0, 0.1) is 12.8 Å². The second-order valence-electron chi connectivity index (χ2n) is 3.97. The summed E-state index contributed by atoms with van der Waals surface area (Å²) >= 11 is 1.67. The minimum atomic E-state index is 0.255. The molecule has 0 amide bonds. The van der Waals surface area contributed by atoms with E-state index < -0.39 is 0 Å². The molecule has 1 aromatic rings. The van der Waals surface area contributed by atoms with Gasteiger partial charge in [-0.2, -0.15) is 0 Å². The predicted octanol–water partition coefficient (Wildman–Crippen LogP) is 2.75. The van der Waals surface area contributed by atoms with Crippen LogP contribution in [0.15, 0.2) is 5.38 Å². The van der Waals surface area contributed by atoms with Crippen LogP contribution in [-0.2, 0) is 11.2 Å². The molecule has 0 saturated heterocycles. The number of aryl methyl sites for hydroxylation is 1. The molecular formula is C11H15NOS. The summed E-state index contributed by atoms with van der Waals surface area (Å²) in [4.78, 5) is 16.0. The highest BCUT2D eigenvalue weighted by molar-refractivity contribution is 7.09. The van der Waals surface area contributed by atoms with Gasteiger partial charge in [-0.05, 0) is 19.8 Å². The minimum Gasteiger partial charge on any atom is -0.299 e. The fraction of sp³-hybridized carbons (Fsp3) is 0.636. The number of carbonyl (C=O) groups excluding carboxylic acids is 1. The van der Waals surface area contributed by atoms with E-state index in [1.807, 2.05) is 6.92 Å². The van der Waals surface area contributed by atoms with Gasteiger partial charge in [0, 0.05) is 24.1 Å². The summed E-state index contributed by atoms with van der Waals surface area (Å²) in [6.45, 7) is 2.01. The number of thiazole rings is 1. The zero-order chi connectivity index (χ0) is 9.97. The van der Waals surface area contributed by atoms with Gasteiger partial charge in [-0.25, -0.2) is 4.98 Å². The first-order valence-corrected chi connectivity index (χ1v) is 6.07. The maximum atomic E-state index is 11.6. The molecule has 0 aromatic carbocycles. The predicted molar refractivity (Wildman–Crippen MR) is 57.5 cm³/mol. The van der Waals surface area contributed by atoms with E-state index in [-0.39, 0.29) is 5.92 Å². The Morgan fingerprint density at radius 3 is 3.07 bits per heavy atom. The van der Waals surface area contributed by atoms with Crippen LogP contribution in [-0.4, -0.2) is 10.8 Å². The molecule has 1 heterocycles. The molecule has 1 unspecified atom stereocenters. The molecule has 2 rings (SSSR count). The second kappa shape index (κ2) is 4.22. The van der Waals surface area contributed by atoms with Crippen LogP contribution >= 0.6 is 11.3 Å². The lowest BCUT2D eigenvalue weighted by atomic mass is 9.85. The lowest BCUT2D eigenvalue weighted by molar-refractivity contribution is -0.124. The Balaban J connectivity index is 1.99. The Kier molecular flexibility index (Phi) is 2.96. The summed E-state index contributed by atoms with van der Waals surface area (Å²) in [5.41, 5.74) is 1.10. The number of nitrogens with zero attached hydrogens (tertiary/aromatic N) is 1. The molecule has 0 aliphatic heterocycles. The average Bonchev–Trinajstić information content (AvgIpc) is 2.56. The van der Waals surface area contributed by atoms with Crippen LogP contribution in [0.1, 0.15) is 36.4 Å². The van der Waals surface area contributed by atoms with Crippen LogP contribution in [0.2, 0.25) is 0 Å². The molecule has 0 radical (unpaired) electrons. The fourth-order valence-electron chi connectivity index (χ4n) is 2.03. The zero-order valence-corrected chi connectivity index (χ0v) is 9.27. The Morgan fingerprint density at radius 2 is 2.43 bits per heavy atom. The molecule has 3 heteroatoms. The van der Waals surface area contributed by atoms with Crippen molar-refractivity contribution in [2.75, 3.05) is 0 Å². The summed E-state index contributed by atoms with van der Waals surface area (Å²) in [7, 11) is 0. The van der Waals surface area contributed by atoms with Gasteiger partial charge in [0.2, 0.25) is 0 Å². The molecule has 76 valence electrons. The van der Waals surface area contributed by atoms with E-state index in [0.717, 1.165) is 36.4 Å². The average molecular weight is 209 g/mol. The molecule has 0 N–H and O–H groups in total. The summed E-state index contributed by atoms with van der Waals surface area (Å²) in [5.74, 6) is 0.701. The van der Waals surface area contributed by atoms with Crippen molar-refractivity contribution in [3.63, 3.8) is 0 Å². The SMILES string of the molecule is Cc1nc(CC2CCCCC2=O)cs1. The van der Waals surface area contributed by atoms with Gasteiger partial charge in [0.1, 0.15) is 5.78 Å². The molecule has 2 nitrogen and oxygen atoms in total. The van der Waals surface area contributed by atoms with Crippen molar-refractivity contribution in [3.8, 4) is 0 Å². The smallest absolute Gasteiger partial charge is 0.136 e. The van der Waals surface area contributed by atoms with Gasteiger partial charge in [-0.1, -0.05) is 6.42 Å². The fourth-order valence-corrected chi connectivity index (χ4v) is 2.65. The maximum Gasteiger partial charge on any atom is 0.136 e. The lowest BCUT2D eigenvalue weighted by Crippen LogP contribution is -2.21. The molecule has 1 aliphatic rings. The Morgan fingerprint density at radius 1 is 1.57 bits per heavy atom. The third-order valence-corrected chi connectivity index (χ3v) is 3.63. The first-order valence-electron chi connectivity index (χ1n) is 5.19. The van der Waals surface area contributed by atoms with Gasteiger partial charge in [-0.3, -0.25) is 4.79 Å². The molecule has 1 atom stereocenters. The highest BCUT2D eigenvalue weighted by Gasteiger charge is 2.22. The highest BCUT2D eigenvalue weighted by atomic mass is 32.1. The van der Waals surface area contributed by atoms with Gasteiger partial charge in [0.25, 0.3) is 0 Å². The molecule has 0 bridgehead atoms. The van der Waals surface area contributed by atoms with Crippen LogP contribution in [0.5, 0.6) is 0 Å². The van der Waals surface area contributed by atoms with Crippen molar-refractivity contribution in [1.82, 2.24) is 4.98 Å². The van der Waals surface area contributed by atoms with Gasteiger partial charge >= 0.3 is 0 Å². The largest absolute Gasteiger partial charge is 0.299 e. The van der Waals surface area contributed by atoms with Gasteiger partial charge in [-0.15, -0.1) is 11.3 Å². The quantitative estimate of drug-likeness (QED) is 0.749. The van der Waals surface area contributed by atoms with Crippen molar-refractivity contribution in [3.05, 3.63) is 16.1 Å². The molecule has 1 aromatic heterocycles. The number of ketones is 1. The Labute approximate surface area is 88.4 Å². The number of hydrogen-bond donors (Lipinski definition) is 0. The van der Waals surface area contributed by atoms with Crippen LogP contribution in [0.3, 0.4) is 0 Å². The van der Waals surface area contributed by atoms with E-state index in [0.29, 0.717) is 5.78 Å². The van der Waals surface area contributed by atoms with Crippen molar-refractivity contribution in [1.29, 1.82) is 0 Å². The third-order valence-electron chi connectivity index (χ3n) is 2.80. The standard InChI is InChI=1S/C11H15NOS/c1-8-12-10(7-14-8)6-9-4-2-3-5-11(9)13/h7,9H,2-6H2,1H3. The van der Waals surface area contributed by atoms with Gasteiger partial charge in [0.05, 0.1) is 10.7 Å². The topological polar surface area (TPSA) is 30.0 Å². The van der Waals surface area contributed by atoms with E-state index in [2.05, 4.69) is 10.4 Å². The summed E-state index contributed by atoms with van der Waals surface area (Å²) in [5, 5.41) is 3.18. The first-order chi connectivity index (χ1) is 6.75. The van der Waals surface area contributed by atoms with Gasteiger partial charge < -0.3 is 0 Å². The summed E-state index contributed by atoms with van der Waals surface area (Å²) < 4.78 is 0. The molecule has 14 heavy (non-hydrogen) atoms. The number of Topliss-reactive ketones (excluding diaryl/α,β-unsaturated/α-hetero) is 1. The van der Waals surface area contributed by atoms with Crippen LogP contribution < -0.4 is 0 Å². The van der Waals surface area contributed by atoms with Crippen molar-refractivity contribution in [2.24, 2.45) is 5.92 Å². The highest BCUT2D eigenvalue weighted by Crippen LogP contribution is 2.24. The Hall–Kier alpha value is -0.700. The molecule has 0 spiro atoms. The van der Waals surface area contributed by atoms with Crippen molar-refractivity contribution >= 4 is 17.1 Å². The summed E-state index contributed by atoms with van der Waals surface area (Å²) in [6.07, 6.45) is 5.01. The van der Waals surface area contributed by atoms with E-state index in [9.17, 15) is 4.79 Å². The zero-order valence-electron chi connectivity index (χ0n) is 8.45. The number of carbonyl (C=O) groups is 1. The molecular weight excluding hydrogens is 194 g/mol. The summed E-state index contributed by atoms with van der Waals surface area (Å²) in [6, 6.07) is 0. The van der Waals surface area contributed by atoms with E-state index in [1.165, 1.54) is 6.42 Å². The van der Waals surface area contributed by atoms with Gasteiger partial charge in [0.15, 0.2) is 0 Å². The normalized spacial score (nSPS) is 22.6. The van der Waals surface area contributed by atoms with Crippen molar-refractivity contribution in [2.45, 2.75) is 39.0 Å². The second-order valence-corrected chi connectivity index (χ2v) is 5.03. The van der Waals surface area contributed by atoms with Crippen LogP contribution in [0.25, 0.3) is 0 Å². The molecule has 1 aliphatic carbocycles. The Bertz CT molecular complexity index is 332. The molecule has 1 saturated carbocycles. The van der Waals surface area contributed by atoms with Crippen molar-refractivity contribution < 1.29 is 4.79 Å². The maximum absolute atomic E-state index is 11.6. The molecule has 1 fully saturated rings.